The second-order valence-electron chi connectivity index (χ2n) is 4.24. The number of carboxylic acid groups (broad SMARTS) is 1. The molecule has 0 aliphatic rings. The maximum absolute atomic E-state index is 12.6. The molecule has 2 rings (SSSR count). The number of carboxylic acids is 1. The lowest BCUT2D eigenvalue weighted by molar-refractivity contribution is 0.0697. The fourth-order valence-electron chi connectivity index (χ4n) is 1.77. The lowest BCUT2D eigenvalue weighted by Gasteiger charge is -2.17. The van der Waals surface area contributed by atoms with Gasteiger partial charge < -0.3 is 10.0 Å². The number of amides is 1. The van der Waals surface area contributed by atoms with Crippen molar-refractivity contribution in [2.24, 2.45) is 0 Å². The van der Waals surface area contributed by atoms with E-state index in [9.17, 15) is 14.7 Å². The Labute approximate surface area is 142 Å². The van der Waals surface area contributed by atoms with Crippen molar-refractivity contribution < 1.29 is 14.7 Å². The highest BCUT2D eigenvalue weighted by molar-refractivity contribution is 9.11. The number of aromatic carboxylic acids is 1. The highest BCUT2D eigenvalue weighted by Gasteiger charge is 2.25. The summed E-state index contributed by atoms with van der Waals surface area (Å²) in [5.41, 5.74) is 0.895. The van der Waals surface area contributed by atoms with Crippen LogP contribution in [0.15, 0.2) is 27.1 Å². The van der Waals surface area contributed by atoms with Crippen molar-refractivity contribution in [2.75, 3.05) is 11.9 Å². The summed E-state index contributed by atoms with van der Waals surface area (Å²) in [5, 5.41) is 9.56. The predicted molar refractivity (Wildman–Crippen MR) is 88.4 cm³/mol. The predicted octanol–water partition coefficient (Wildman–Crippen LogP) is 3.95. The van der Waals surface area contributed by atoms with E-state index in [1.807, 2.05) is 0 Å². The number of aromatic nitrogens is 1. The van der Waals surface area contributed by atoms with E-state index in [4.69, 9.17) is 0 Å². The van der Waals surface area contributed by atoms with Crippen LogP contribution in [-0.2, 0) is 0 Å². The molecule has 0 bridgehead atoms. The van der Waals surface area contributed by atoms with Gasteiger partial charge in [0.05, 0.1) is 11.3 Å². The first kappa shape index (κ1) is 16.1. The Morgan fingerprint density at radius 3 is 2.62 bits per heavy atom. The molecule has 0 unspecified atom stereocenters. The normalized spacial score (nSPS) is 10.5. The van der Waals surface area contributed by atoms with E-state index in [-0.39, 0.29) is 11.5 Å². The van der Waals surface area contributed by atoms with Gasteiger partial charge in [-0.2, -0.15) is 4.37 Å². The maximum atomic E-state index is 12.6. The fraction of sp³-hybridized carbons (Fsp3) is 0.154. The van der Waals surface area contributed by atoms with E-state index in [0.717, 1.165) is 16.0 Å². The average molecular weight is 434 g/mol. The van der Waals surface area contributed by atoms with Crippen LogP contribution in [0.2, 0.25) is 0 Å². The second kappa shape index (κ2) is 6.25. The zero-order chi connectivity index (χ0) is 15.7. The van der Waals surface area contributed by atoms with Crippen molar-refractivity contribution >= 4 is 60.3 Å². The van der Waals surface area contributed by atoms with Crippen molar-refractivity contribution in [1.29, 1.82) is 0 Å². The van der Waals surface area contributed by atoms with Crippen LogP contribution in [0.4, 0.5) is 5.00 Å². The molecule has 1 aromatic carbocycles. The van der Waals surface area contributed by atoms with Crippen LogP contribution in [0.1, 0.15) is 26.4 Å². The molecule has 0 radical (unpaired) electrons. The third-order valence-corrected chi connectivity index (χ3v) is 5.03. The minimum absolute atomic E-state index is 0.0574. The van der Waals surface area contributed by atoms with Gasteiger partial charge in [0.25, 0.3) is 5.91 Å². The lowest BCUT2D eigenvalue weighted by atomic mass is 10.2. The van der Waals surface area contributed by atoms with Crippen LogP contribution >= 0.6 is 43.4 Å². The third kappa shape index (κ3) is 3.17. The Kier molecular flexibility index (Phi) is 4.80. The van der Waals surface area contributed by atoms with Crippen molar-refractivity contribution in [2.45, 2.75) is 6.92 Å². The Bertz CT molecular complexity index is 730. The molecule has 110 valence electrons. The number of anilines is 1. The van der Waals surface area contributed by atoms with Crippen molar-refractivity contribution in [1.82, 2.24) is 4.37 Å². The highest BCUT2D eigenvalue weighted by atomic mass is 79.9. The summed E-state index contributed by atoms with van der Waals surface area (Å²) in [4.78, 5) is 25.2. The van der Waals surface area contributed by atoms with E-state index in [1.54, 1.807) is 25.1 Å². The SMILES string of the molecule is Cc1nsc(N(C)C(=O)c2cc(Br)ccc2Br)c1C(=O)O. The van der Waals surface area contributed by atoms with Gasteiger partial charge in [-0.3, -0.25) is 4.79 Å². The van der Waals surface area contributed by atoms with E-state index in [1.165, 1.54) is 11.9 Å². The van der Waals surface area contributed by atoms with Crippen LogP contribution in [0.5, 0.6) is 0 Å². The standard InChI is InChI=1S/C13H10Br2N2O3S/c1-6-10(13(19)20)12(21-16-6)17(2)11(18)8-5-7(14)3-4-9(8)15/h3-5H,1-2H3,(H,19,20). The van der Waals surface area contributed by atoms with Gasteiger partial charge in [-0.05, 0) is 52.6 Å². The quantitative estimate of drug-likeness (QED) is 0.795. The smallest absolute Gasteiger partial charge is 0.340 e. The van der Waals surface area contributed by atoms with Crippen molar-refractivity contribution in [3.8, 4) is 0 Å². The van der Waals surface area contributed by atoms with Crippen molar-refractivity contribution in [3.05, 3.63) is 44.0 Å². The molecule has 0 fully saturated rings. The Morgan fingerprint density at radius 2 is 2.00 bits per heavy atom. The van der Waals surface area contributed by atoms with Crippen LogP contribution in [-0.4, -0.2) is 28.4 Å². The maximum Gasteiger partial charge on any atom is 0.340 e. The molecule has 0 saturated heterocycles. The highest BCUT2D eigenvalue weighted by Crippen LogP contribution is 2.30. The van der Waals surface area contributed by atoms with Gasteiger partial charge in [-0.25, -0.2) is 4.79 Å². The Hall–Kier alpha value is -1.25. The molecule has 1 N–H and O–H groups in total. The molecular formula is C13H10Br2N2O3S. The Morgan fingerprint density at radius 1 is 1.33 bits per heavy atom. The van der Waals surface area contributed by atoms with Crippen LogP contribution in [0.25, 0.3) is 0 Å². The molecule has 0 saturated carbocycles. The molecule has 0 spiro atoms. The summed E-state index contributed by atoms with van der Waals surface area (Å²) >= 11 is 7.64. The van der Waals surface area contributed by atoms with Gasteiger partial charge in [-0.1, -0.05) is 15.9 Å². The molecule has 21 heavy (non-hydrogen) atoms. The molecule has 1 heterocycles. The van der Waals surface area contributed by atoms with E-state index < -0.39 is 5.97 Å². The molecule has 0 aliphatic heterocycles. The minimum Gasteiger partial charge on any atom is -0.478 e. The summed E-state index contributed by atoms with van der Waals surface area (Å²) < 4.78 is 5.43. The first-order valence-electron chi connectivity index (χ1n) is 5.75. The number of carbonyl (C=O) groups excluding carboxylic acids is 1. The third-order valence-electron chi connectivity index (χ3n) is 2.83. The van der Waals surface area contributed by atoms with Crippen LogP contribution < -0.4 is 4.90 Å². The number of benzene rings is 1. The van der Waals surface area contributed by atoms with Crippen LogP contribution in [0.3, 0.4) is 0 Å². The molecule has 1 aromatic heterocycles. The largest absolute Gasteiger partial charge is 0.478 e. The molecule has 5 nitrogen and oxygen atoms in total. The zero-order valence-corrected chi connectivity index (χ0v) is 15.0. The van der Waals surface area contributed by atoms with E-state index in [0.29, 0.717) is 20.7 Å². The Balaban J connectivity index is 2.45. The number of halogens is 2. The molecular weight excluding hydrogens is 424 g/mol. The number of aryl methyl sites for hydroxylation is 1. The summed E-state index contributed by atoms with van der Waals surface area (Å²) in [6.07, 6.45) is 0. The van der Waals surface area contributed by atoms with Gasteiger partial charge in [0.15, 0.2) is 0 Å². The van der Waals surface area contributed by atoms with E-state index >= 15 is 0 Å². The molecule has 0 atom stereocenters. The minimum atomic E-state index is -1.09. The number of rotatable bonds is 3. The summed E-state index contributed by atoms with van der Waals surface area (Å²) in [5.74, 6) is -1.40. The van der Waals surface area contributed by atoms with Crippen LogP contribution in [0, 0.1) is 6.92 Å². The second-order valence-corrected chi connectivity index (χ2v) is 6.76. The molecule has 1 amide bonds. The number of hydrogen-bond acceptors (Lipinski definition) is 4. The summed E-state index contributed by atoms with van der Waals surface area (Å²) in [6.45, 7) is 1.61. The van der Waals surface area contributed by atoms with E-state index in [2.05, 4.69) is 36.2 Å². The summed E-state index contributed by atoms with van der Waals surface area (Å²) in [7, 11) is 1.54. The lowest BCUT2D eigenvalue weighted by Crippen LogP contribution is -2.27. The average Bonchev–Trinajstić information content (AvgIpc) is 2.81. The van der Waals surface area contributed by atoms with Gasteiger partial charge in [-0.15, -0.1) is 0 Å². The monoisotopic (exact) mass is 432 g/mol. The molecule has 2 aromatic rings. The fourth-order valence-corrected chi connectivity index (χ4v) is 3.39. The van der Waals surface area contributed by atoms with Gasteiger partial charge in [0.1, 0.15) is 10.6 Å². The number of hydrogen-bond donors (Lipinski definition) is 1. The molecule has 0 aliphatic carbocycles. The topological polar surface area (TPSA) is 70.5 Å². The van der Waals surface area contributed by atoms with Gasteiger partial charge in [0, 0.05) is 16.0 Å². The van der Waals surface area contributed by atoms with Crippen molar-refractivity contribution in [3.63, 3.8) is 0 Å². The zero-order valence-electron chi connectivity index (χ0n) is 11.1. The first-order chi connectivity index (χ1) is 9.82. The summed E-state index contributed by atoms with van der Waals surface area (Å²) in [6, 6.07) is 5.23. The number of nitrogens with zero attached hydrogens (tertiary/aromatic N) is 2. The van der Waals surface area contributed by atoms with Gasteiger partial charge >= 0.3 is 5.97 Å². The number of carbonyl (C=O) groups is 2. The molecule has 8 heteroatoms. The first-order valence-corrected chi connectivity index (χ1v) is 8.11. The van der Waals surface area contributed by atoms with Gasteiger partial charge in [0.2, 0.25) is 0 Å².